The van der Waals surface area contributed by atoms with Gasteiger partial charge in [-0.1, -0.05) is 146 Å². The van der Waals surface area contributed by atoms with Gasteiger partial charge in [0.1, 0.15) is 22.3 Å². The number of benzene rings is 9. The Morgan fingerprint density at radius 1 is 0.286 bits per heavy atom. The van der Waals surface area contributed by atoms with E-state index in [2.05, 4.69) is 115 Å². The fourth-order valence-corrected chi connectivity index (χ4v) is 8.59. The summed E-state index contributed by atoms with van der Waals surface area (Å²) < 4.78 is 13.1. The molecule has 0 bridgehead atoms. The molecule has 0 radical (unpaired) electrons. The average Bonchev–Trinajstić information content (AvgIpc) is 3.84. The van der Waals surface area contributed by atoms with Gasteiger partial charge in [0.15, 0.2) is 17.5 Å². The molecule has 0 spiro atoms. The van der Waals surface area contributed by atoms with Crippen molar-refractivity contribution < 1.29 is 8.83 Å². The van der Waals surface area contributed by atoms with E-state index in [1.165, 1.54) is 16.2 Å². The summed E-state index contributed by atoms with van der Waals surface area (Å²) in [6.45, 7) is 0. The molecule has 0 amide bonds. The lowest BCUT2D eigenvalue weighted by Gasteiger charge is -2.17. The molecule has 0 saturated carbocycles. The third-order valence-electron chi connectivity index (χ3n) is 11.1. The van der Waals surface area contributed by atoms with Gasteiger partial charge in [0.25, 0.3) is 0 Å². The quantitative estimate of drug-likeness (QED) is 0.170. The van der Waals surface area contributed by atoms with Crippen molar-refractivity contribution in [2.24, 2.45) is 0 Å². The first-order valence-electron chi connectivity index (χ1n) is 18.8. The Morgan fingerprint density at radius 3 is 1.41 bits per heavy atom. The van der Waals surface area contributed by atoms with Crippen LogP contribution in [0.3, 0.4) is 0 Å². The molecular weight excluding hydrogens is 687 g/mol. The molecule has 0 fully saturated rings. The largest absolute Gasteiger partial charge is 0.455 e. The van der Waals surface area contributed by atoms with E-state index in [-0.39, 0.29) is 0 Å². The second-order valence-corrected chi connectivity index (χ2v) is 14.3. The summed E-state index contributed by atoms with van der Waals surface area (Å²) in [5, 5.41) is 11.0. The Morgan fingerprint density at radius 2 is 0.768 bits per heavy atom. The van der Waals surface area contributed by atoms with Crippen LogP contribution < -0.4 is 0 Å². The van der Waals surface area contributed by atoms with Crippen LogP contribution in [0.2, 0.25) is 0 Å². The molecule has 12 aromatic rings. The molecule has 0 saturated heterocycles. The van der Waals surface area contributed by atoms with E-state index in [1.807, 2.05) is 60.7 Å². The van der Waals surface area contributed by atoms with Crippen molar-refractivity contribution in [1.29, 1.82) is 0 Å². The number of hydrogen-bond acceptors (Lipinski definition) is 5. The van der Waals surface area contributed by atoms with E-state index in [4.69, 9.17) is 23.8 Å². The van der Waals surface area contributed by atoms with Crippen LogP contribution >= 0.6 is 0 Å². The highest BCUT2D eigenvalue weighted by Crippen LogP contribution is 2.44. The maximum absolute atomic E-state index is 6.57. The lowest BCUT2D eigenvalue weighted by atomic mass is 9.88. The molecule has 3 aromatic heterocycles. The normalized spacial score (nSPS) is 11.9. The van der Waals surface area contributed by atoms with Gasteiger partial charge in [-0.25, -0.2) is 15.0 Å². The Balaban J connectivity index is 1.21. The summed E-state index contributed by atoms with van der Waals surface area (Å²) in [6.07, 6.45) is 0. The minimum Gasteiger partial charge on any atom is -0.455 e. The zero-order valence-corrected chi connectivity index (χ0v) is 29.9. The second kappa shape index (κ2) is 11.9. The van der Waals surface area contributed by atoms with Crippen LogP contribution in [-0.2, 0) is 0 Å². The Labute approximate surface area is 320 Å². The molecule has 0 aliphatic rings. The van der Waals surface area contributed by atoms with E-state index < -0.39 is 0 Å². The van der Waals surface area contributed by atoms with Crippen molar-refractivity contribution in [1.82, 2.24) is 15.0 Å². The summed E-state index contributed by atoms with van der Waals surface area (Å²) >= 11 is 0. The molecule has 12 rings (SSSR count). The highest BCUT2D eigenvalue weighted by molar-refractivity contribution is 6.17. The third-order valence-corrected chi connectivity index (χ3v) is 11.1. The highest BCUT2D eigenvalue weighted by atomic mass is 16.3. The molecule has 9 aromatic carbocycles. The summed E-state index contributed by atoms with van der Waals surface area (Å²) in [5.41, 5.74) is 7.76. The molecule has 5 heteroatoms. The highest BCUT2D eigenvalue weighted by Gasteiger charge is 2.23. The lowest BCUT2D eigenvalue weighted by molar-refractivity contribution is 0.669. The molecule has 0 aliphatic carbocycles. The molecule has 0 aliphatic heterocycles. The predicted octanol–water partition coefficient (Wildman–Crippen LogP) is 13.8. The van der Waals surface area contributed by atoms with Crippen LogP contribution in [0, 0.1) is 0 Å². The molecular formula is C51H29N3O2. The third kappa shape index (κ3) is 4.58. The Kier molecular flexibility index (Phi) is 6.56. The summed E-state index contributed by atoms with van der Waals surface area (Å²) in [7, 11) is 0. The number of rotatable bonds is 4. The first kappa shape index (κ1) is 30.8. The molecule has 0 unspecified atom stereocenters. The lowest BCUT2D eigenvalue weighted by Crippen LogP contribution is -2.02. The SMILES string of the molecule is c1ccc2c(-c3nc(-c4cccc5c4oc4ccccc45)nc(-c4cccc5c4oc4ccccc45)n3)c(-c3cc4ccccc4c4ccccc34)ccc2c1. The van der Waals surface area contributed by atoms with Crippen LogP contribution in [0.1, 0.15) is 0 Å². The van der Waals surface area contributed by atoms with Crippen molar-refractivity contribution in [3.05, 3.63) is 176 Å². The van der Waals surface area contributed by atoms with Gasteiger partial charge in [0.2, 0.25) is 0 Å². The van der Waals surface area contributed by atoms with E-state index in [0.29, 0.717) is 17.5 Å². The van der Waals surface area contributed by atoms with E-state index in [0.717, 1.165) is 87.9 Å². The average molecular weight is 716 g/mol. The standard InChI is InChI=1S/C51H29N3O2/c1-4-16-33-30(13-1)27-28-38(43-29-31-14-2-3-15-32(31)34-17-5-6-18-35(34)43)46(33)51-53-49(41-23-11-21-39-36-19-7-9-25-44(36)55-47(39)41)52-50(54-51)42-24-12-22-40-37-20-8-10-26-45(37)56-48(40)42/h1-29H. The van der Waals surface area contributed by atoms with Crippen LogP contribution in [0.15, 0.2) is 185 Å². The first-order valence-corrected chi connectivity index (χ1v) is 18.8. The fourth-order valence-electron chi connectivity index (χ4n) is 8.59. The zero-order valence-electron chi connectivity index (χ0n) is 29.9. The van der Waals surface area contributed by atoms with Gasteiger partial charge in [-0.05, 0) is 73.8 Å². The molecule has 260 valence electrons. The van der Waals surface area contributed by atoms with Gasteiger partial charge in [0, 0.05) is 27.1 Å². The van der Waals surface area contributed by atoms with Crippen LogP contribution in [0.25, 0.3) is 121 Å². The smallest absolute Gasteiger partial charge is 0.167 e. The van der Waals surface area contributed by atoms with Crippen molar-refractivity contribution in [2.75, 3.05) is 0 Å². The number of para-hydroxylation sites is 4. The monoisotopic (exact) mass is 715 g/mol. The van der Waals surface area contributed by atoms with E-state index >= 15 is 0 Å². The molecule has 0 atom stereocenters. The summed E-state index contributed by atoms with van der Waals surface area (Å²) in [4.78, 5) is 16.1. The number of aromatic nitrogens is 3. The van der Waals surface area contributed by atoms with Gasteiger partial charge in [0.05, 0.1) is 11.1 Å². The van der Waals surface area contributed by atoms with Crippen LogP contribution in [-0.4, -0.2) is 15.0 Å². The molecule has 5 nitrogen and oxygen atoms in total. The van der Waals surface area contributed by atoms with Crippen molar-refractivity contribution >= 4 is 76.2 Å². The molecule has 0 N–H and O–H groups in total. The zero-order chi connectivity index (χ0) is 36.7. The van der Waals surface area contributed by atoms with Gasteiger partial charge < -0.3 is 8.83 Å². The van der Waals surface area contributed by atoms with Gasteiger partial charge in [-0.15, -0.1) is 0 Å². The summed E-state index contributed by atoms with van der Waals surface area (Å²) in [6, 6.07) is 61.1. The predicted molar refractivity (Wildman–Crippen MR) is 229 cm³/mol. The van der Waals surface area contributed by atoms with E-state index in [9.17, 15) is 0 Å². The molecule has 56 heavy (non-hydrogen) atoms. The maximum atomic E-state index is 6.57. The van der Waals surface area contributed by atoms with E-state index in [1.54, 1.807) is 0 Å². The number of furan rings is 2. The van der Waals surface area contributed by atoms with Crippen LogP contribution in [0.5, 0.6) is 0 Å². The minimum atomic E-state index is 0.519. The van der Waals surface area contributed by atoms with Gasteiger partial charge in [-0.2, -0.15) is 0 Å². The van der Waals surface area contributed by atoms with Crippen molar-refractivity contribution in [3.63, 3.8) is 0 Å². The van der Waals surface area contributed by atoms with Gasteiger partial charge >= 0.3 is 0 Å². The first-order chi connectivity index (χ1) is 27.8. The van der Waals surface area contributed by atoms with Crippen molar-refractivity contribution in [2.45, 2.75) is 0 Å². The minimum absolute atomic E-state index is 0.519. The maximum Gasteiger partial charge on any atom is 0.167 e. The molecule has 3 heterocycles. The Hall–Kier alpha value is -7.63. The van der Waals surface area contributed by atoms with Crippen molar-refractivity contribution in [3.8, 4) is 45.3 Å². The summed E-state index contributed by atoms with van der Waals surface area (Å²) in [5.74, 6) is 1.60. The number of fused-ring (bicyclic) bond motifs is 10. The Bertz CT molecular complexity index is 3430. The number of hydrogen-bond donors (Lipinski definition) is 0. The van der Waals surface area contributed by atoms with Crippen LogP contribution in [0.4, 0.5) is 0 Å². The second-order valence-electron chi connectivity index (χ2n) is 14.3. The topological polar surface area (TPSA) is 65.0 Å². The number of nitrogens with zero attached hydrogens (tertiary/aromatic N) is 3. The fraction of sp³-hybridized carbons (Fsp3) is 0. The van der Waals surface area contributed by atoms with Gasteiger partial charge in [-0.3, -0.25) is 0 Å².